The predicted octanol–water partition coefficient (Wildman–Crippen LogP) is 8.52. The first kappa shape index (κ1) is 34.4. The van der Waals surface area contributed by atoms with Crippen molar-refractivity contribution in [3.8, 4) is 0 Å². The summed E-state index contributed by atoms with van der Waals surface area (Å²) in [6, 6.07) is 8.51. The highest BCUT2D eigenvalue weighted by Crippen LogP contribution is 2.35. The van der Waals surface area contributed by atoms with E-state index in [2.05, 4.69) is 15.3 Å². The summed E-state index contributed by atoms with van der Waals surface area (Å²) in [6.07, 6.45) is -7.08. The molecule has 40 heavy (non-hydrogen) atoms. The Bertz CT molecular complexity index is 1310. The fourth-order valence-corrected chi connectivity index (χ4v) is 3.30. The molecule has 0 aliphatic rings. The van der Waals surface area contributed by atoms with Gasteiger partial charge in [-0.25, -0.2) is 9.97 Å². The number of aliphatic hydroxyl groups excluding tert-OH is 1. The number of nitrogens with two attached hydrogens (primary N) is 1. The molecule has 1 heterocycles. The Balaban J connectivity index is 0.00000191. The van der Waals surface area contributed by atoms with Crippen LogP contribution in [0.5, 0.6) is 0 Å². The molecule has 0 bridgehead atoms. The Morgan fingerprint density at radius 2 is 1.50 bits per heavy atom. The van der Waals surface area contributed by atoms with Gasteiger partial charge in [-0.15, -0.1) is 0 Å². The zero-order valence-corrected chi connectivity index (χ0v) is 23.6. The standard InChI is InChI=1S/C25H24F6N4O.2C2H6/c1-4-5-18(25(29,30)31)20(32)14-6-11-17-19(12-14)34-22(23(2,3)13-36)35-21(17)33-16-9-7-15(8-10-16)24(26,27)28;2*1-2/h4-12,36H,13,32H2,1-3H3,(H,33,34,35);2*1-2H3/b5-4-,20-18+;;. The average Bonchev–Trinajstić information content (AvgIpc) is 2.92. The third-order valence-electron chi connectivity index (χ3n) is 5.41. The van der Waals surface area contributed by atoms with E-state index in [1.54, 1.807) is 13.8 Å². The van der Waals surface area contributed by atoms with Gasteiger partial charge >= 0.3 is 12.4 Å². The first-order valence-corrected chi connectivity index (χ1v) is 12.7. The first-order valence-electron chi connectivity index (χ1n) is 12.7. The van der Waals surface area contributed by atoms with Gasteiger partial charge in [-0.3, -0.25) is 0 Å². The summed E-state index contributed by atoms with van der Waals surface area (Å²) in [5.74, 6) is 0.381. The van der Waals surface area contributed by atoms with Crippen molar-refractivity contribution >= 4 is 28.1 Å². The number of nitrogens with zero attached hydrogens (tertiary/aromatic N) is 2. The molecule has 0 spiro atoms. The molecule has 5 nitrogen and oxygen atoms in total. The molecule has 4 N–H and O–H groups in total. The molecule has 0 amide bonds. The topological polar surface area (TPSA) is 84.1 Å². The van der Waals surface area contributed by atoms with E-state index in [0.29, 0.717) is 11.1 Å². The van der Waals surface area contributed by atoms with Crippen molar-refractivity contribution < 1.29 is 31.4 Å². The largest absolute Gasteiger partial charge is 0.418 e. The van der Waals surface area contributed by atoms with E-state index in [1.165, 1.54) is 43.3 Å². The number of anilines is 2. The van der Waals surface area contributed by atoms with Crippen molar-refractivity contribution in [1.82, 2.24) is 9.97 Å². The zero-order chi connectivity index (χ0) is 30.9. The lowest BCUT2D eigenvalue weighted by Gasteiger charge is -2.22. The number of nitrogens with one attached hydrogen (secondary N) is 1. The van der Waals surface area contributed by atoms with E-state index in [4.69, 9.17) is 5.73 Å². The summed E-state index contributed by atoms with van der Waals surface area (Å²) in [5.41, 5.74) is 3.22. The van der Waals surface area contributed by atoms with Crippen LogP contribution < -0.4 is 11.1 Å². The number of rotatable bonds is 6. The molecule has 0 saturated carbocycles. The number of hydrogen-bond acceptors (Lipinski definition) is 5. The normalized spacial score (nSPS) is 12.8. The Morgan fingerprint density at radius 1 is 0.925 bits per heavy atom. The highest BCUT2D eigenvalue weighted by molar-refractivity contribution is 5.93. The second kappa shape index (κ2) is 14.2. The average molecular weight is 571 g/mol. The fourth-order valence-electron chi connectivity index (χ4n) is 3.30. The van der Waals surface area contributed by atoms with Crippen LogP contribution in [-0.4, -0.2) is 27.9 Å². The quantitative estimate of drug-likeness (QED) is 0.204. The van der Waals surface area contributed by atoms with E-state index in [9.17, 15) is 31.4 Å². The highest BCUT2D eigenvalue weighted by atomic mass is 19.4. The molecule has 0 radical (unpaired) electrons. The molecule has 0 unspecified atom stereocenters. The van der Waals surface area contributed by atoms with Crippen molar-refractivity contribution in [3.63, 3.8) is 0 Å². The molecule has 3 rings (SSSR count). The molecule has 2 aromatic carbocycles. The Labute approximate surface area is 230 Å². The van der Waals surface area contributed by atoms with Gasteiger partial charge in [0.15, 0.2) is 0 Å². The van der Waals surface area contributed by atoms with Gasteiger partial charge in [-0.05, 0) is 43.3 Å². The van der Waals surface area contributed by atoms with Gasteiger partial charge in [-0.1, -0.05) is 59.8 Å². The van der Waals surface area contributed by atoms with Crippen molar-refractivity contribution in [3.05, 3.63) is 77.1 Å². The van der Waals surface area contributed by atoms with Crippen LogP contribution in [0, 0.1) is 0 Å². The molecule has 1 aromatic heterocycles. The van der Waals surface area contributed by atoms with Crippen LogP contribution in [0.25, 0.3) is 16.6 Å². The van der Waals surface area contributed by atoms with Crippen molar-refractivity contribution in [1.29, 1.82) is 0 Å². The molecule has 0 aliphatic heterocycles. The Kier molecular flexibility index (Phi) is 12.2. The minimum Gasteiger partial charge on any atom is -0.398 e. The molecule has 3 aromatic rings. The lowest BCUT2D eigenvalue weighted by Crippen LogP contribution is -2.25. The van der Waals surface area contributed by atoms with Crippen LogP contribution in [0.1, 0.15) is 65.4 Å². The maximum absolute atomic E-state index is 13.5. The fraction of sp³-hybridized carbons (Fsp3) is 0.379. The molecule has 0 saturated heterocycles. The number of aromatic nitrogens is 2. The van der Waals surface area contributed by atoms with Crippen LogP contribution in [0.4, 0.5) is 37.8 Å². The van der Waals surface area contributed by atoms with Gasteiger partial charge in [0.1, 0.15) is 11.6 Å². The molecular formula is C29H36F6N4O. The highest BCUT2D eigenvalue weighted by Gasteiger charge is 2.34. The van der Waals surface area contributed by atoms with Crippen LogP contribution in [0.3, 0.4) is 0 Å². The number of aliphatic hydroxyl groups is 1. The summed E-state index contributed by atoms with van der Waals surface area (Å²) < 4.78 is 79.2. The summed E-state index contributed by atoms with van der Waals surface area (Å²) >= 11 is 0. The summed E-state index contributed by atoms with van der Waals surface area (Å²) in [6.45, 7) is 12.4. The van der Waals surface area contributed by atoms with Gasteiger partial charge in [0, 0.05) is 22.1 Å². The molecule has 0 aliphatic carbocycles. The monoisotopic (exact) mass is 570 g/mol. The molecule has 0 atom stereocenters. The SMILES string of the molecule is C/C=C\C(=C(/N)c1ccc2c(Nc3ccc(C(F)(F)F)cc3)nc(C(C)(C)CO)nc2c1)C(F)(F)F.CC.CC. The van der Waals surface area contributed by atoms with E-state index in [-0.39, 0.29) is 29.3 Å². The zero-order valence-electron chi connectivity index (χ0n) is 23.6. The van der Waals surface area contributed by atoms with Crippen molar-refractivity contribution in [2.75, 3.05) is 11.9 Å². The summed E-state index contributed by atoms with van der Waals surface area (Å²) in [5, 5.41) is 13.1. The number of benzene rings is 2. The molecule has 220 valence electrons. The Hall–Kier alpha value is -3.60. The van der Waals surface area contributed by atoms with E-state index in [0.717, 1.165) is 18.2 Å². The maximum atomic E-state index is 13.5. The van der Waals surface area contributed by atoms with Gasteiger partial charge < -0.3 is 16.2 Å². The Morgan fingerprint density at radius 3 is 1.98 bits per heavy atom. The van der Waals surface area contributed by atoms with Gasteiger partial charge in [0.2, 0.25) is 0 Å². The second-order valence-electron chi connectivity index (χ2n) is 8.69. The molecular weight excluding hydrogens is 534 g/mol. The minimum absolute atomic E-state index is 0.0693. The number of allylic oxidation sites excluding steroid dienone is 3. The van der Waals surface area contributed by atoms with Crippen LogP contribution in [0.15, 0.2) is 60.2 Å². The molecule has 0 fully saturated rings. The van der Waals surface area contributed by atoms with Crippen LogP contribution >= 0.6 is 0 Å². The lowest BCUT2D eigenvalue weighted by atomic mass is 9.93. The van der Waals surface area contributed by atoms with Crippen LogP contribution in [-0.2, 0) is 11.6 Å². The van der Waals surface area contributed by atoms with Crippen molar-refractivity contribution in [2.45, 2.75) is 66.2 Å². The van der Waals surface area contributed by atoms with Gasteiger partial charge in [-0.2, -0.15) is 26.3 Å². The third kappa shape index (κ3) is 8.45. The van der Waals surface area contributed by atoms with Crippen LogP contribution in [0.2, 0.25) is 0 Å². The van der Waals surface area contributed by atoms with E-state index in [1.807, 2.05) is 27.7 Å². The predicted molar refractivity (Wildman–Crippen MR) is 149 cm³/mol. The second-order valence-corrected chi connectivity index (χ2v) is 8.69. The number of hydrogen-bond donors (Lipinski definition) is 3. The van der Waals surface area contributed by atoms with Gasteiger partial charge in [0.05, 0.1) is 29.0 Å². The van der Waals surface area contributed by atoms with E-state index >= 15 is 0 Å². The molecule has 11 heteroatoms. The van der Waals surface area contributed by atoms with Crippen molar-refractivity contribution in [2.24, 2.45) is 5.73 Å². The summed E-state index contributed by atoms with van der Waals surface area (Å²) in [4.78, 5) is 8.89. The lowest BCUT2D eigenvalue weighted by molar-refractivity contribution is -0.137. The van der Waals surface area contributed by atoms with E-state index < -0.39 is 34.6 Å². The smallest absolute Gasteiger partial charge is 0.398 e. The van der Waals surface area contributed by atoms with Gasteiger partial charge in [0.25, 0.3) is 0 Å². The summed E-state index contributed by atoms with van der Waals surface area (Å²) in [7, 11) is 0. The minimum atomic E-state index is -4.68. The number of fused-ring (bicyclic) bond motifs is 1. The third-order valence-corrected chi connectivity index (χ3v) is 5.41. The maximum Gasteiger partial charge on any atom is 0.418 e. The first-order chi connectivity index (χ1) is 18.7. The number of halogens is 6. The number of alkyl halides is 6.